The summed E-state index contributed by atoms with van der Waals surface area (Å²) in [7, 11) is 0. The molecule has 0 N–H and O–H groups in total. The van der Waals surface area contributed by atoms with Crippen molar-refractivity contribution < 1.29 is 4.92 Å². The standard InChI is InChI=1S/C17H14N2O2/c1-12-7-8-14(11-19(20)21)17-16(12)9-15(10-18-17)13-5-3-2-4-6-13/h2-10H,11H2,1H3. The van der Waals surface area contributed by atoms with Crippen LogP contribution in [0.2, 0.25) is 0 Å². The van der Waals surface area contributed by atoms with Crippen molar-refractivity contribution in [3.63, 3.8) is 0 Å². The molecule has 0 radical (unpaired) electrons. The fourth-order valence-electron chi connectivity index (χ4n) is 2.47. The zero-order valence-corrected chi connectivity index (χ0v) is 11.6. The Balaban J connectivity index is 2.18. The molecule has 3 rings (SSSR count). The van der Waals surface area contributed by atoms with Crippen LogP contribution in [-0.4, -0.2) is 9.91 Å². The molecule has 0 saturated carbocycles. The summed E-state index contributed by atoms with van der Waals surface area (Å²) in [6, 6.07) is 15.7. The number of pyridine rings is 1. The summed E-state index contributed by atoms with van der Waals surface area (Å²) >= 11 is 0. The van der Waals surface area contributed by atoms with Crippen LogP contribution < -0.4 is 0 Å². The normalized spacial score (nSPS) is 10.7. The molecule has 0 bridgehead atoms. The van der Waals surface area contributed by atoms with Crippen LogP contribution >= 0.6 is 0 Å². The number of benzene rings is 2. The molecule has 0 fully saturated rings. The highest BCUT2D eigenvalue weighted by Crippen LogP contribution is 2.26. The zero-order valence-electron chi connectivity index (χ0n) is 11.6. The van der Waals surface area contributed by atoms with Crippen molar-refractivity contribution in [1.82, 2.24) is 4.98 Å². The second-order valence-electron chi connectivity index (χ2n) is 5.02. The Kier molecular flexibility index (Phi) is 3.36. The summed E-state index contributed by atoms with van der Waals surface area (Å²) in [6.45, 7) is 1.79. The summed E-state index contributed by atoms with van der Waals surface area (Å²) in [4.78, 5) is 14.9. The van der Waals surface area contributed by atoms with Crippen molar-refractivity contribution in [2.45, 2.75) is 13.5 Å². The van der Waals surface area contributed by atoms with Crippen molar-refractivity contribution in [1.29, 1.82) is 0 Å². The minimum absolute atomic E-state index is 0.200. The van der Waals surface area contributed by atoms with Crippen molar-refractivity contribution >= 4 is 10.9 Å². The van der Waals surface area contributed by atoms with E-state index in [1.54, 1.807) is 12.3 Å². The smallest absolute Gasteiger partial charge is 0.231 e. The Morgan fingerprint density at radius 2 is 1.86 bits per heavy atom. The number of hydrogen-bond donors (Lipinski definition) is 0. The molecule has 3 aromatic rings. The van der Waals surface area contributed by atoms with E-state index in [-0.39, 0.29) is 11.5 Å². The van der Waals surface area contributed by atoms with E-state index in [1.165, 1.54) is 0 Å². The summed E-state index contributed by atoms with van der Waals surface area (Å²) in [5.41, 5.74) is 4.55. The fraction of sp³-hybridized carbons (Fsp3) is 0.118. The van der Waals surface area contributed by atoms with Crippen LogP contribution in [0.5, 0.6) is 0 Å². The topological polar surface area (TPSA) is 56.0 Å². The maximum Gasteiger partial charge on any atom is 0.231 e. The van der Waals surface area contributed by atoms with E-state index in [2.05, 4.69) is 11.1 Å². The van der Waals surface area contributed by atoms with Crippen molar-refractivity contribution in [3.8, 4) is 11.1 Å². The number of aromatic nitrogens is 1. The largest absolute Gasteiger partial charge is 0.264 e. The number of hydrogen-bond acceptors (Lipinski definition) is 3. The Morgan fingerprint density at radius 3 is 2.57 bits per heavy atom. The molecule has 0 unspecified atom stereocenters. The molecule has 4 heteroatoms. The van der Waals surface area contributed by atoms with Crippen molar-refractivity contribution in [3.05, 3.63) is 76.0 Å². The number of nitro groups is 1. The second kappa shape index (κ2) is 5.32. The lowest BCUT2D eigenvalue weighted by Gasteiger charge is -2.08. The molecule has 21 heavy (non-hydrogen) atoms. The van der Waals surface area contributed by atoms with Gasteiger partial charge in [-0.05, 0) is 24.1 Å². The SMILES string of the molecule is Cc1ccc(C[N+](=O)[O-])c2ncc(-c3ccccc3)cc12. The van der Waals surface area contributed by atoms with Crippen molar-refractivity contribution in [2.75, 3.05) is 0 Å². The Hall–Kier alpha value is -2.75. The molecule has 0 amide bonds. The maximum absolute atomic E-state index is 10.8. The van der Waals surface area contributed by atoms with Gasteiger partial charge in [-0.3, -0.25) is 15.1 Å². The van der Waals surface area contributed by atoms with Crippen LogP contribution in [-0.2, 0) is 6.54 Å². The van der Waals surface area contributed by atoms with Crippen LogP contribution in [0.25, 0.3) is 22.0 Å². The molecule has 1 aromatic heterocycles. The maximum atomic E-state index is 10.8. The van der Waals surface area contributed by atoms with E-state index in [9.17, 15) is 10.1 Å². The number of fused-ring (bicyclic) bond motifs is 1. The monoisotopic (exact) mass is 278 g/mol. The van der Waals surface area contributed by atoms with E-state index in [0.717, 1.165) is 22.1 Å². The Morgan fingerprint density at radius 1 is 1.10 bits per heavy atom. The molecule has 1 heterocycles. The van der Waals surface area contributed by atoms with E-state index >= 15 is 0 Å². The van der Waals surface area contributed by atoms with E-state index in [1.807, 2.05) is 43.3 Å². The average molecular weight is 278 g/mol. The van der Waals surface area contributed by atoms with Crippen LogP contribution in [0.1, 0.15) is 11.1 Å². The third-order valence-corrected chi connectivity index (χ3v) is 3.56. The Labute approximate surface area is 122 Å². The van der Waals surface area contributed by atoms with Gasteiger partial charge in [-0.1, -0.05) is 42.5 Å². The molecular formula is C17H14N2O2. The molecule has 0 saturated heterocycles. The average Bonchev–Trinajstić information content (AvgIpc) is 2.50. The molecular weight excluding hydrogens is 264 g/mol. The molecule has 0 aliphatic heterocycles. The second-order valence-corrected chi connectivity index (χ2v) is 5.02. The molecule has 0 aliphatic rings. The van der Waals surface area contributed by atoms with Gasteiger partial charge in [0.25, 0.3) is 0 Å². The summed E-state index contributed by atoms with van der Waals surface area (Å²) < 4.78 is 0. The van der Waals surface area contributed by atoms with Gasteiger partial charge in [0.1, 0.15) is 0 Å². The lowest BCUT2D eigenvalue weighted by molar-refractivity contribution is -0.496. The van der Waals surface area contributed by atoms with Gasteiger partial charge in [0.2, 0.25) is 6.54 Å². The molecule has 4 nitrogen and oxygen atoms in total. The van der Waals surface area contributed by atoms with Gasteiger partial charge >= 0.3 is 0 Å². The van der Waals surface area contributed by atoms with Crippen LogP contribution in [0, 0.1) is 17.0 Å². The van der Waals surface area contributed by atoms with Gasteiger partial charge < -0.3 is 0 Å². The highest BCUT2D eigenvalue weighted by molar-refractivity contribution is 5.88. The van der Waals surface area contributed by atoms with Gasteiger partial charge in [-0.25, -0.2) is 0 Å². The molecule has 2 aromatic carbocycles. The minimum Gasteiger partial charge on any atom is -0.264 e. The molecule has 0 atom stereocenters. The predicted molar refractivity (Wildman–Crippen MR) is 82.6 cm³/mol. The minimum atomic E-state index is -0.323. The lowest BCUT2D eigenvalue weighted by Crippen LogP contribution is -2.00. The van der Waals surface area contributed by atoms with Gasteiger partial charge in [-0.15, -0.1) is 0 Å². The van der Waals surface area contributed by atoms with Gasteiger partial charge in [0, 0.05) is 27.6 Å². The Bertz CT molecular complexity index is 814. The van der Waals surface area contributed by atoms with Gasteiger partial charge in [0.05, 0.1) is 5.52 Å². The first-order chi connectivity index (χ1) is 10.1. The summed E-state index contributed by atoms with van der Waals surface area (Å²) in [5, 5.41) is 11.7. The third-order valence-electron chi connectivity index (χ3n) is 3.56. The van der Waals surface area contributed by atoms with E-state index in [4.69, 9.17) is 0 Å². The van der Waals surface area contributed by atoms with Crippen LogP contribution in [0.3, 0.4) is 0 Å². The third kappa shape index (κ3) is 2.60. The number of nitrogens with zero attached hydrogens (tertiary/aromatic N) is 2. The fourth-order valence-corrected chi connectivity index (χ4v) is 2.47. The number of aryl methyl sites for hydroxylation is 1. The quantitative estimate of drug-likeness (QED) is 0.537. The van der Waals surface area contributed by atoms with Crippen molar-refractivity contribution in [2.24, 2.45) is 0 Å². The van der Waals surface area contributed by atoms with Crippen LogP contribution in [0.4, 0.5) is 0 Å². The molecule has 104 valence electrons. The van der Waals surface area contributed by atoms with Crippen LogP contribution in [0.15, 0.2) is 54.7 Å². The summed E-state index contributed by atoms with van der Waals surface area (Å²) in [6.07, 6.45) is 1.78. The highest BCUT2D eigenvalue weighted by Gasteiger charge is 2.11. The highest BCUT2D eigenvalue weighted by atomic mass is 16.6. The lowest BCUT2D eigenvalue weighted by atomic mass is 10.0. The van der Waals surface area contributed by atoms with E-state index < -0.39 is 0 Å². The first-order valence-electron chi connectivity index (χ1n) is 6.70. The summed E-state index contributed by atoms with van der Waals surface area (Å²) in [5.74, 6) is 0. The first kappa shape index (κ1) is 13.2. The zero-order chi connectivity index (χ0) is 14.8. The predicted octanol–water partition coefficient (Wildman–Crippen LogP) is 3.99. The number of rotatable bonds is 3. The van der Waals surface area contributed by atoms with Gasteiger partial charge in [0.15, 0.2) is 0 Å². The molecule has 0 aliphatic carbocycles. The van der Waals surface area contributed by atoms with E-state index in [0.29, 0.717) is 11.1 Å². The van der Waals surface area contributed by atoms with Gasteiger partial charge in [-0.2, -0.15) is 0 Å². The molecule has 0 spiro atoms. The first-order valence-corrected chi connectivity index (χ1v) is 6.70.